The standard InChI is InChI=1S/C25H18F2N4O4/c1-30(18-5-8-21-22(11-18)35-25(26,27)34-21)23(33)14-31-13-17-10-19(32)6-7-20(17)24(29-31)16-4-2-3-15(9-16)12-28/h2-11,32H,13-14H2,1H3. The number of nitrogens with zero attached hydrogens (tertiary/aromatic N) is 4. The highest BCUT2D eigenvalue weighted by Crippen LogP contribution is 2.42. The topological polar surface area (TPSA) is 98.4 Å². The average Bonchev–Trinajstić information content (AvgIpc) is 3.15. The monoisotopic (exact) mass is 476 g/mol. The molecule has 0 unspecified atom stereocenters. The molecular weight excluding hydrogens is 458 g/mol. The van der Waals surface area contributed by atoms with Crippen LogP contribution in [0.25, 0.3) is 0 Å². The Kier molecular flexibility index (Phi) is 5.25. The first-order chi connectivity index (χ1) is 16.7. The number of aromatic hydroxyl groups is 1. The van der Waals surface area contributed by atoms with E-state index in [2.05, 4.69) is 20.6 Å². The maximum absolute atomic E-state index is 13.3. The predicted octanol–water partition coefficient (Wildman–Crippen LogP) is 3.82. The van der Waals surface area contributed by atoms with Crippen molar-refractivity contribution >= 4 is 17.3 Å². The van der Waals surface area contributed by atoms with Crippen molar-refractivity contribution in [3.8, 4) is 23.3 Å². The summed E-state index contributed by atoms with van der Waals surface area (Å²) >= 11 is 0. The van der Waals surface area contributed by atoms with Crippen LogP contribution in [-0.4, -0.2) is 41.6 Å². The first kappa shape index (κ1) is 22.2. The predicted molar refractivity (Wildman–Crippen MR) is 121 cm³/mol. The third-order valence-electron chi connectivity index (χ3n) is 5.67. The van der Waals surface area contributed by atoms with Gasteiger partial charge in [-0.15, -0.1) is 8.78 Å². The van der Waals surface area contributed by atoms with Gasteiger partial charge in [-0.2, -0.15) is 10.4 Å². The zero-order chi connectivity index (χ0) is 24.7. The highest BCUT2D eigenvalue weighted by Gasteiger charge is 2.43. The molecule has 0 saturated heterocycles. The van der Waals surface area contributed by atoms with Crippen LogP contribution >= 0.6 is 0 Å². The summed E-state index contributed by atoms with van der Waals surface area (Å²) in [5.41, 5.74) is 3.61. The summed E-state index contributed by atoms with van der Waals surface area (Å²) in [5, 5.41) is 25.5. The third-order valence-corrected chi connectivity index (χ3v) is 5.67. The van der Waals surface area contributed by atoms with Crippen LogP contribution in [0.3, 0.4) is 0 Å². The lowest BCUT2D eigenvalue weighted by atomic mass is 9.95. The van der Waals surface area contributed by atoms with E-state index in [4.69, 9.17) is 0 Å². The van der Waals surface area contributed by atoms with E-state index in [1.54, 1.807) is 41.4 Å². The number of likely N-dealkylation sites (N-methyl/N-ethyl adjacent to an activating group) is 1. The van der Waals surface area contributed by atoms with Gasteiger partial charge in [-0.1, -0.05) is 12.1 Å². The van der Waals surface area contributed by atoms with Gasteiger partial charge in [-0.3, -0.25) is 9.80 Å². The minimum absolute atomic E-state index is 0.0799. The number of phenols is 1. The highest BCUT2D eigenvalue weighted by atomic mass is 19.3. The minimum atomic E-state index is -3.75. The Morgan fingerprint density at radius 3 is 2.77 bits per heavy atom. The van der Waals surface area contributed by atoms with Crippen molar-refractivity contribution in [1.29, 1.82) is 5.26 Å². The van der Waals surface area contributed by atoms with Crippen LogP contribution in [0.15, 0.2) is 65.8 Å². The quantitative estimate of drug-likeness (QED) is 0.615. The Bertz CT molecular complexity index is 1420. The van der Waals surface area contributed by atoms with Crippen LogP contribution < -0.4 is 14.4 Å². The van der Waals surface area contributed by atoms with Gasteiger partial charge in [-0.25, -0.2) is 0 Å². The van der Waals surface area contributed by atoms with Crippen molar-refractivity contribution in [3.63, 3.8) is 0 Å². The van der Waals surface area contributed by atoms with Crippen LogP contribution in [0.2, 0.25) is 0 Å². The van der Waals surface area contributed by atoms with E-state index in [1.807, 2.05) is 6.07 Å². The molecule has 3 aromatic carbocycles. The number of rotatable bonds is 4. The number of benzene rings is 3. The number of hydrazone groups is 1. The molecule has 2 aliphatic rings. The molecule has 0 aromatic heterocycles. The van der Waals surface area contributed by atoms with Crippen molar-refractivity contribution in [2.75, 3.05) is 18.5 Å². The summed E-state index contributed by atoms with van der Waals surface area (Å²) in [7, 11) is 1.52. The Hall–Kier alpha value is -4.65. The fourth-order valence-electron chi connectivity index (χ4n) is 3.96. The van der Waals surface area contributed by atoms with Crippen molar-refractivity contribution in [3.05, 3.63) is 82.9 Å². The van der Waals surface area contributed by atoms with Gasteiger partial charge < -0.3 is 19.5 Å². The second-order valence-corrected chi connectivity index (χ2v) is 8.06. The van der Waals surface area contributed by atoms with E-state index in [0.717, 1.165) is 11.1 Å². The van der Waals surface area contributed by atoms with Gasteiger partial charge in [0.05, 0.1) is 23.9 Å². The van der Waals surface area contributed by atoms with E-state index in [1.165, 1.54) is 30.1 Å². The first-order valence-corrected chi connectivity index (χ1v) is 10.6. The summed E-state index contributed by atoms with van der Waals surface area (Å²) in [6.07, 6.45) is -3.75. The summed E-state index contributed by atoms with van der Waals surface area (Å²) in [4.78, 5) is 14.4. The average molecular weight is 476 g/mol. The molecule has 0 radical (unpaired) electrons. The fourth-order valence-corrected chi connectivity index (χ4v) is 3.96. The van der Waals surface area contributed by atoms with Gasteiger partial charge >= 0.3 is 6.29 Å². The van der Waals surface area contributed by atoms with Crippen LogP contribution in [-0.2, 0) is 11.3 Å². The largest absolute Gasteiger partial charge is 0.586 e. The molecule has 10 heteroatoms. The number of hydrogen-bond acceptors (Lipinski definition) is 7. The molecule has 0 atom stereocenters. The minimum Gasteiger partial charge on any atom is -0.508 e. The van der Waals surface area contributed by atoms with Crippen molar-refractivity contribution in [1.82, 2.24) is 5.01 Å². The van der Waals surface area contributed by atoms with Crippen molar-refractivity contribution in [2.24, 2.45) is 5.10 Å². The van der Waals surface area contributed by atoms with Gasteiger partial charge in [-0.05, 0) is 48.0 Å². The van der Waals surface area contributed by atoms with Crippen LogP contribution in [0.5, 0.6) is 17.2 Å². The molecule has 0 bridgehead atoms. The normalized spacial score (nSPS) is 15.1. The second-order valence-electron chi connectivity index (χ2n) is 8.06. The summed E-state index contributed by atoms with van der Waals surface area (Å²) in [6, 6.07) is 18.1. The Morgan fingerprint density at radius 1 is 1.17 bits per heavy atom. The molecule has 5 rings (SSSR count). The maximum Gasteiger partial charge on any atom is 0.586 e. The summed E-state index contributed by atoms with van der Waals surface area (Å²) in [6.45, 7) is 0.135. The number of carbonyl (C=O) groups excluding carboxylic acids is 1. The van der Waals surface area contributed by atoms with Gasteiger partial charge in [0.2, 0.25) is 5.91 Å². The molecule has 3 aromatic rings. The smallest absolute Gasteiger partial charge is 0.508 e. The van der Waals surface area contributed by atoms with Gasteiger partial charge in [0.15, 0.2) is 11.5 Å². The maximum atomic E-state index is 13.3. The van der Waals surface area contributed by atoms with E-state index in [-0.39, 0.29) is 36.2 Å². The lowest BCUT2D eigenvalue weighted by Gasteiger charge is -2.29. The zero-order valence-corrected chi connectivity index (χ0v) is 18.4. The molecule has 0 aliphatic carbocycles. The molecule has 2 aliphatic heterocycles. The number of anilines is 1. The van der Waals surface area contributed by atoms with Crippen LogP contribution in [0, 0.1) is 11.3 Å². The van der Waals surface area contributed by atoms with Gasteiger partial charge in [0.25, 0.3) is 0 Å². The molecular formula is C25H18F2N4O4. The van der Waals surface area contributed by atoms with Gasteiger partial charge in [0, 0.05) is 29.9 Å². The number of halogens is 2. The lowest BCUT2D eigenvalue weighted by Crippen LogP contribution is -2.38. The summed E-state index contributed by atoms with van der Waals surface area (Å²) < 4.78 is 35.5. The van der Waals surface area contributed by atoms with E-state index in [9.17, 15) is 23.9 Å². The zero-order valence-electron chi connectivity index (χ0n) is 18.4. The molecule has 2 heterocycles. The molecule has 0 fully saturated rings. The number of hydrogen-bond donors (Lipinski definition) is 1. The fraction of sp³-hybridized carbons (Fsp3) is 0.160. The summed E-state index contributed by atoms with van der Waals surface area (Å²) in [5.74, 6) is -0.544. The second kappa shape index (κ2) is 8.29. The number of fused-ring (bicyclic) bond motifs is 2. The number of ether oxygens (including phenoxy) is 2. The Balaban J connectivity index is 1.42. The lowest BCUT2D eigenvalue weighted by molar-refractivity contribution is -0.286. The van der Waals surface area contributed by atoms with E-state index in [0.29, 0.717) is 22.5 Å². The molecule has 1 N–H and O–H groups in total. The van der Waals surface area contributed by atoms with Gasteiger partial charge in [0.1, 0.15) is 12.3 Å². The number of nitriles is 1. The Morgan fingerprint density at radius 2 is 1.97 bits per heavy atom. The van der Waals surface area contributed by atoms with E-state index >= 15 is 0 Å². The van der Waals surface area contributed by atoms with Crippen molar-refractivity contribution < 1.29 is 28.2 Å². The highest BCUT2D eigenvalue weighted by molar-refractivity contribution is 6.14. The number of alkyl halides is 2. The molecule has 1 amide bonds. The van der Waals surface area contributed by atoms with Crippen molar-refractivity contribution in [2.45, 2.75) is 12.8 Å². The third kappa shape index (κ3) is 4.31. The molecule has 176 valence electrons. The van der Waals surface area contributed by atoms with E-state index < -0.39 is 6.29 Å². The number of carbonyl (C=O) groups is 1. The SMILES string of the molecule is CN(C(=O)CN1Cc2cc(O)ccc2C(c2cccc(C#N)c2)=N1)c1ccc2c(c1)OC(F)(F)O2. The molecule has 0 spiro atoms. The molecule has 35 heavy (non-hydrogen) atoms. The molecule has 8 nitrogen and oxygen atoms in total. The van der Waals surface area contributed by atoms with Crippen LogP contribution in [0.1, 0.15) is 22.3 Å². The molecule has 0 saturated carbocycles. The number of amides is 1. The Labute approximate surface area is 198 Å². The number of phenolic OH excluding ortho intramolecular Hbond substituents is 1. The first-order valence-electron chi connectivity index (χ1n) is 10.6. The van der Waals surface area contributed by atoms with Crippen LogP contribution in [0.4, 0.5) is 14.5 Å².